The predicted octanol–water partition coefficient (Wildman–Crippen LogP) is -0.00110. The summed E-state index contributed by atoms with van der Waals surface area (Å²) in [6.07, 6.45) is 1.50. The molecule has 0 saturated heterocycles. The quantitative estimate of drug-likeness (QED) is 0.490. The maximum absolute atomic E-state index is 10.9. The van der Waals surface area contributed by atoms with E-state index in [4.69, 9.17) is 15.9 Å². The van der Waals surface area contributed by atoms with E-state index in [0.29, 0.717) is 6.42 Å². The number of carbonyl (C=O) groups is 3. The fourth-order valence-corrected chi connectivity index (χ4v) is 1.34. The molecule has 5 N–H and O–H groups in total. The van der Waals surface area contributed by atoms with Crippen LogP contribution < -0.4 is 11.1 Å². The molecular weight excluding hydrogens is 216 g/mol. The summed E-state index contributed by atoms with van der Waals surface area (Å²) in [5, 5.41) is 19.6. The highest BCUT2D eigenvalue weighted by Crippen LogP contribution is 2.14. The third kappa shape index (κ3) is 4.63. The highest BCUT2D eigenvalue weighted by molar-refractivity contribution is 5.86. The monoisotopic (exact) mass is 232 g/mol. The highest BCUT2D eigenvalue weighted by atomic mass is 16.4. The lowest BCUT2D eigenvalue weighted by Gasteiger charge is -2.20. The Labute approximate surface area is 92.6 Å². The Morgan fingerprint density at radius 1 is 1.25 bits per heavy atom. The maximum atomic E-state index is 10.9. The second-order valence-electron chi connectivity index (χ2n) is 3.41. The Hall–Kier alpha value is -1.79. The molecule has 0 rings (SSSR count). The van der Waals surface area contributed by atoms with Crippen molar-refractivity contribution < 1.29 is 24.6 Å². The number of nitrogens with one attached hydrogen (secondary N) is 1. The summed E-state index contributed by atoms with van der Waals surface area (Å²) in [5.74, 6) is -3.82. The van der Waals surface area contributed by atoms with Gasteiger partial charge in [-0.2, -0.15) is 0 Å². The number of hydrogen-bond acceptors (Lipinski definition) is 3. The van der Waals surface area contributed by atoms with E-state index in [-0.39, 0.29) is 6.42 Å². The third-order valence-electron chi connectivity index (χ3n) is 2.15. The van der Waals surface area contributed by atoms with Gasteiger partial charge in [-0.1, -0.05) is 19.8 Å². The van der Waals surface area contributed by atoms with Crippen molar-refractivity contribution in [1.82, 2.24) is 5.32 Å². The molecule has 0 heterocycles. The summed E-state index contributed by atoms with van der Waals surface area (Å²) in [6.45, 7) is 1.86. The first-order valence-electron chi connectivity index (χ1n) is 4.91. The summed E-state index contributed by atoms with van der Waals surface area (Å²) in [5.41, 5.74) is 4.79. The second kappa shape index (κ2) is 6.65. The fraction of sp³-hybridized carbons (Fsp3) is 0.667. The molecule has 0 spiro atoms. The van der Waals surface area contributed by atoms with Gasteiger partial charge in [-0.05, 0) is 6.42 Å². The minimum atomic E-state index is -1.48. The van der Waals surface area contributed by atoms with Crippen LogP contribution in [-0.4, -0.2) is 34.2 Å². The lowest BCUT2D eigenvalue weighted by Crippen LogP contribution is -2.50. The molecule has 92 valence electrons. The van der Waals surface area contributed by atoms with E-state index in [1.54, 1.807) is 0 Å². The first-order chi connectivity index (χ1) is 7.40. The molecule has 2 unspecified atom stereocenters. The number of rotatable bonds is 7. The Bertz CT molecular complexity index is 279. The average Bonchev–Trinajstić information content (AvgIpc) is 2.15. The summed E-state index contributed by atoms with van der Waals surface area (Å²) >= 11 is 0. The lowest BCUT2D eigenvalue weighted by atomic mass is 9.94. The van der Waals surface area contributed by atoms with Crippen LogP contribution in [0.4, 0.5) is 4.79 Å². The van der Waals surface area contributed by atoms with Crippen LogP contribution in [0.5, 0.6) is 0 Å². The standard InChI is InChI=1S/C9H16N2O5/c1-2-3-4-5(7(12)13)6(8(14)15)11-9(10)16/h5-6H,2-4H2,1H3,(H,12,13)(H,14,15)(H3,10,11,16). The number of carboxylic acids is 2. The Kier molecular flexibility index (Phi) is 5.91. The van der Waals surface area contributed by atoms with Crippen LogP contribution in [0.1, 0.15) is 26.2 Å². The zero-order valence-corrected chi connectivity index (χ0v) is 8.97. The van der Waals surface area contributed by atoms with E-state index in [0.717, 1.165) is 6.42 Å². The number of amides is 2. The summed E-state index contributed by atoms with van der Waals surface area (Å²) in [6, 6.07) is -2.53. The number of aliphatic carboxylic acids is 2. The normalized spacial score (nSPS) is 13.8. The molecule has 0 bridgehead atoms. The number of primary amides is 1. The SMILES string of the molecule is CCCCC(C(=O)O)C(NC(N)=O)C(=O)O. The van der Waals surface area contributed by atoms with E-state index in [9.17, 15) is 14.4 Å². The van der Waals surface area contributed by atoms with E-state index in [2.05, 4.69) is 0 Å². The van der Waals surface area contributed by atoms with Crippen molar-refractivity contribution >= 4 is 18.0 Å². The number of urea groups is 1. The van der Waals surface area contributed by atoms with Crippen LogP contribution in [0.2, 0.25) is 0 Å². The van der Waals surface area contributed by atoms with Crippen molar-refractivity contribution in [1.29, 1.82) is 0 Å². The van der Waals surface area contributed by atoms with E-state index in [1.165, 1.54) is 0 Å². The molecule has 0 aromatic heterocycles. The van der Waals surface area contributed by atoms with Gasteiger partial charge in [0.15, 0.2) is 0 Å². The van der Waals surface area contributed by atoms with E-state index in [1.807, 2.05) is 12.2 Å². The molecule has 0 fully saturated rings. The van der Waals surface area contributed by atoms with Gasteiger partial charge in [-0.25, -0.2) is 9.59 Å². The molecule has 2 atom stereocenters. The first-order valence-corrected chi connectivity index (χ1v) is 4.91. The summed E-state index contributed by atoms with van der Waals surface area (Å²) < 4.78 is 0. The first kappa shape index (κ1) is 14.2. The van der Waals surface area contributed by atoms with E-state index >= 15 is 0 Å². The Morgan fingerprint density at radius 2 is 1.81 bits per heavy atom. The largest absolute Gasteiger partial charge is 0.481 e. The van der Waals surface area contributed by atoms with Gasteiger partial charge in [0.1, 0.15) is 6.04 Å². The topological polar surface area (TPSA) is 130 Å². The van der Waals surface area contributed by atoms with Gasteiger partial charge in [0.2, 0.25) is 0 Å². The Balaban J connectivity index is 4.72. The van der Waals surface area contributed by atoms with Gasteiger partial charge in [0.05, 0.1) is 5.92 Å². The molecule has 2 amide bonds. The average molecular weight is 232 g/mol. The van der Waals surface area contributed by atoms with Gasteiger partial charge in [0.25, 0.3) is 0 Å². The molecule has 0 aromatic carbocycles. The van der Waals surface area contributed by atoms with Crippen molar-refractivity contribution in [3.05, 3.63) is 0 Å². The summed E-state index contributed by atoms with van der Waals surface area (Å²) in [4.78, 5) is 32.3. The van der Waals surface area contributed by atoms with Crippen molar-refractivity contribution in [2.75, 3.05) is 0 Å². The van der Waals surface area contributed by atoms with Crippen molar-refractivity contribution in [3.8, 4) is 0 Å². The molecule has 0 aromatic rings. The fourth-order valence-electron chi connectivity index (χ4n) is 1.34. The van der Waals surface area contributed by atoms with Crippen LogP contribution in [0, 0.1) is 5.92 Å². The Morgan fingerprint density at radius 3 is 2.12 bits per heavy atom. The molecule has 0 aliphatic carbocycles. The van der Waals surface area contributed by atoms with Gasteiger partial charge in [-0.15, -0.1) is 0 Å². The number of nitrogens with two attached hydrogens (primary N) is 1. The predicted molar refractivity (Wildman–Crippen MR) is 54.8 cm³/mol. The number of carboxylic acid groups (broad SMARTS) is 2. The minimum absolute atomic E-state index is 0.184. The van der Waals surface area contributed by atoms with Gasteiger partial charge >= 0.3 is 18.0 Å². The zero-order chi connectivity index (χ0) is 12.7. The second-order valence-corrected chi connectivity index (χ2v) is 3.41. The third-order valence-corrected chi connectivity index (χ3v) is 2.15. The molecule has 0 aliphatic heterocycles. The molecular formula is C9H16N2O5. The van der Waals surface area contributed by atoms with Gasteiger partial charge < -0.3 is 21.3 Å². The number of unbranched alkanes of at least 4 members (excludes halogenated alkanes) is 1. The highest BCUT2D eigenvalue weighted by Gasteiger charge is 2.33. The molecule has 7 heteroatoms. The number of hydrogen-bond donors (Lipinski definition) is 4. The molecule has 0 saturated carbocycles. The van der Waals surface area contributed by atoms with Crippen LogP contribution in [-0.2, 0) is 9.59 Å². The van der Waals surface area contributed by atoms with Crippen LogP contribution in [0.3, 0.4) is 0 Å². The van der Waals surface area contributed by atoms with Crippen molar-refractivity contribution in [2.45, 2.75) is 32.2 Å². The van der Waals surface area contributed by atoms with Crippen molar-refractivity contribution in [3.63, 3.8) is 0 Å². The van der Waals surface area contributed by atoms with Crippen LogP contribution in [0.15, 0.2) is 0 Å². The van der Waals surface area contributed by atoms with Crippen molar-refractivity contribution in [2.24, 2.45) is 11.7 Å². The maximum Gasteiger partial charge on any atom is 0.327 e. The molecule has 16 heavy (non-hydrogen) atoms. The van der Waals surface area contributed by atoms with Crippen LogP contribution in [0.25, 0.3) is 0 Å². The van der Waals surface area contributed by atoms with Gasteiger partial charge in [-0.3, -0.25) is 4.79 Å². The smallest absolute Gasteiger partial charge is 0.327 e. The van der Waals surface area contributed by atoms with Crippen LogP contribution >= 0.6 is 0 Å². The molecule has 7 nitrogen and oxygen atoms in total. The molecule has 0 radical (unpaired) electrons. The van der Waals surface area contributed by atoms with E-state index < -0.39 is 29.9 Å². The zero-order valence-electron chi connectivity index (χ0n) is 8.97. The minimum Gasteiger partial charge on any atom is -0.481 e. The molecule has 0 aliphatic rings. The summed E-state index contributed by atoms with van der Waals surface area (Å²) in [7, 11) is 0. The lowest BCUT2D eigenvalue weighted by molar-refractivity contribution is -0.150. The number of carbonyl (C=O) groups excluding carboxylic acids is 1. The van der Waals surface area contributed by atoms with Gasteiger partial charge in [0, 0.05) is 0 Å².